The molecule has 36 heavy (non-hydrogen) atoms. The SMILES string of the molecule is O=[N+]([O-])c1ccc2c(-c3nn(C4CCCCO4)c4cc([N+](=O)[O-])ccc34)nn(C3CCCCO3)c2c1. The van der Waals surface area contributed by atoms with Crippen molar-refractivity contribution in [3.63, 3.8) is 0 Å². The fourth-order valence-corrected chi connectivity index (χ4v) is 5.10. The molecule has 2 atom stereocenters. The largest absolute Gasteiger partial charge is 0.356 e. The maximum absolute atomic E-state index is 11.5. The first-order chi connectivity index (χ1) is 17.5. The molecule has 0 aliphatic carbocycles. The third-order valence-electron chi connectivity index (χ3n) is 6.88. The molecular weight excluding hydrogens is 468 g/mol. The van der Waals surface area contributed by atoms with E-state index in [1.54, 1.807) is 21.5 Å². The lowest BCUT2D eigenvalue weighted by molar-refractivity contribution is -0.384. The second kappa shape index (κ2) is 8.95. The van der Waals surface area contributed by atoms with Crippen molar-refractivity contribution in [1.82, 2.24) is 19.6 Å². The Morgan fingerprint density at radius 2 is 1.17 bits per heavy atom. The normalized spacial score (nSPS) is 20.7. The third-order valence-corrected chi connectivity index (χ3v) is 6.88. The van der Waals surface area contributed by atoms with Crippen molar-refractivity contribution < 1.29 is 19.3 Å². The van der Waals surface area contributed by atoms with Gasteiger partial charge in [-0.15, -0.1) is 0 Å². The zero-order valence-electron chi connectivity index (χ0n) is 19.4. The Kier molecular flexibility index (Phi) is 5.61. The first-order valence-electron chi connectivity index (χ1n) is 12.1. The quantitative estimate of drug-likeness (QED) is 0.271. The van der Waals surface area contributed by atoms with E-state index in [2.05, 4.69) is 0 Å². The molecule has 0 saturated carbocycles. The zero-order chi connectivity index (χ0) is 24.8. The number of ether oxygens (including phenoxy) is 2. The highest BCUT2D eigenvalue weighted by atomic mass is 16.6. The predicted molar refractivity (Wildman–Crippen MR) is 129 cm³/mol. The first-order valence-corrected chi connectivity index (χ1v) is 12.1. The van der Waals surface area contributed by atoms with Gasteiger partial charge in [-0.25, -0.2) is 9.36 Å². The second-order valence-corrected chi connectivity index (χ2v) is 9.15. The van der Waals surface area contributed by atoms with Crippen LogP contribution in [0.2, 0.25) is 0 Å². The van der Waals surface area contributed by atoms with E-state index < -0.39 is 9.85 Å². The maximum atomic E-state index is 11.5. The lowest BCUT2D eigenvalue weighted by atomic mass is 10.1. The molecule has 0 bridgehead atoms. The summed E-state index contributed by atoms with van der Waals surface area (Å²) in [6.07, 6.45) is 4.66. The zero-order valence-corrected chi connectivity index (χ0v) is 19.4. The molecule has 2 unspecified atom stereocenters. The maximum Gasteiger partial charge on any atom is 0.271 e. The minimum atomic E-state index is -0.429. The van der Waals surface area contributed by atoms with Gasteiger partial charge in [-0.2, -0.15) is 10.2 Å². The minimum absolute atomic E-state index is 0.0346. The van der Waals surface area contributed by atoms with E-state index in [0.29, 0.717) is 46.4 Å². The predicted octanol–water partition coefficient (Wildman–Crippen LogP) is 5.27. The van der Waals surface area contributed by atoms with E-state index in [1.807, 2.05) is 0 Å². The molecule has 186 valence electrons. The van der Waals surface area contributed by atoms with Crippen LogP contribution in [0.5, 0.6) is 0 Å². The molecule has 2 fully saturated rings. The number of fused-ring (bicyclic) bond motifs is 2. The summed E-state index contributed by atoms with van der Waals surface area (Å²) in [6, 6.07) is 9.29. The highest BCUT2D eigenvalue weighted by molar-refractivity contribution is 6.02. The summed E-state index contributed by atoms with van der Waals surface area (Å²) in [6.45, 7) is 1.19. The lowest BCUT2D eigenvalue weighted by Gasteiger charge is -2.23. The highest BCUT2D eigenvalue weighted by Gasteiger charge is 2.28. The van der Waals surface area contributed by atoms with Crippen molar-refractivity contribution in [2.75, 3.05) is 13.2 Å². The molecular formula is C24H24N6O6. The van der Waals surface area contributed by atoms with Gasteiger partial charge in [0.15, 0.2) is 12.5 Å². The molecule has 0 N–H and O–H groups in total. The Morgan fingerprint density at radius 3 is 1.53 bits per heavy atom. The van der Waals surface area contributed by atoms with E-state index in [9.17, 15) is 20.2 Å². The topological polar surface area (TPSA) is 140 Å². The van der Waals surface area contributed by atoms with Gasteiger partial charge < -0.3 is 9.47 Å². The standard InChI is InChI=1S/C24H24N6O6/c31-29(32)15-7-9-17-19(13-15)27(21-5-1-3-11-35-21)25-23(17)24-18-10-8-16(30(33)34)14-20(18)28(26-24)22-6-2-4-12-36-22/h7-10,13-14,21-22H,1-6,11-12H2. The molecule has 12 heteroatoms. The molecule has 2 aromatic carbocycles. The van der Waals surface area contributed by atoms with E-state index >= 15 is 0 Å². The highest BCUT2D eigenvalue weighted by Crippen LogP contribution is 2.39. The van der Waals surface area contributed by atoms with Crippen LogP contribution in [-0.2, 0) is 9.47 Å². The molecule has 12 nitrogen and oxygen atoms in total. The van der Waals surface area contributed by atoms with Crippen LogP contribution in [-0.4, -0.2) is 42.6 Å². The Labute approximate surface area is 204 Å². The number of aromatic nitrogens is 4. The minimum Gasteiger partial charge on any atom is -0.356 e. The third kappa shape index (κ3) is 3.78. The van der Waals surface area contributed by atoms with E-state index in [-0.39, 0.29) is 23.8 Å². The molecule has 2 aliphatic heterocycles. The summed E-state index contributed by atoms with van der Waals surface area (Å²) in [5, 5.41) is 34.2. The van der Waals surface area contributed by atoms with Crippen LogP contribution in [0.3, 0.4) is 0 Å². The average molecular weight is 492 g/mol. The molecule has 0 amide bonds. The average Bonchev–Trinajstić information content (AvgIpc) is 3.47. The van der Waals surface area contributed by atoms with Crippen LogP contribution in [0, 0.1) is 20.2 Å². The van der Waals surface area contributed by atoms with Gasteiger partial charge >= 0.3 is 0 Å². The molecule has 4 aromatic rings. The molecule has 6 rings (SSSR count). The Hall–Kier alpha value is -3.90. The number of benzene rings is 2. The summed E-state index contributed by atoms with van der Waals surface area (Å²) in [5.74, 6) is 0. The van der Waals surface area contributed by atoms with E-state index in [0.717, 1.165) is 38.5 Å². The molecule has 4 heterocycles. The van der Waals surface area contributed by atoms with Gasteiger partial charge in [0.2, 0.25) is 0 Å². The number of nitrogens with zero attached hydrogens (tertiary/aromatic N) is 6. The van der Waals surface area contributed by atoms with Crippen molar-refractivity contribution in [3.8, 4) is 11.4 Å². The second-order valence-electron chi connectivity index (χ2n) is 9.15. The molecule has 2 aliphatic rings. The smallest absolute Gasteiger partial charge is 0.271 e. The Bertz CT molecular complexity index is 1370. The number of nitro groups is 2. The van der Waals surface area contributed by atoms with Crippen molar-refractivity contribution >= 4 is 33.2 Å². The number of nitro benzene ring substituents is 2. The lowest BCUT2D eigenvalue weighted by Crippen LogP contribution is -2.19. The van der Waals surface area contributed by atoms with Crippen molar-refractivity contribution in [2.45, 2.75) is 51.0 Å². The van der Waals surface area contributed by atoms with Crippen LogP contribution in [0.15, 0.2) is 36.4 Å². The molecule has 2 aromatic heterocycles. The van der Waals surface area contributed by atoms with Gasteiger partial charge in [-0.05, 0) is 50.7 Å². The van der Waals surface area contributed by atoms with Gasteiger partial charge in [-0.1, -0.05) is 0 Å². The van der Waals surface area contributed by atoms with Crippen LogP contribution in [0.25, 0.3) is 33.2 Å². The fraction of sp³-hybridized carbons (Fsp3) is 0.417. The summed E-state index contributed by atoms with van der Waals surface area (Å²) in [7, 11) is 0. The van der Waals surface area contributed by atoms with Crippen LogP contribution >= 0.6 is 0 Å². The number of hydrogen-bond acceptors (Lipinski definition) is 8. The number of non-ortho nitro benzene ring substituents is 2. The molecule has 2 saturated heterocycles. The van der Waals surface area contributed by atoms with Crippen molar-refractivity contribution in [2.24, 2.45) is 0 Å². The van der Waals surface area contributed by atoms with Gasteiger partial charge in [0.05, 0.1) is 20.9 Å². The van der Waals surface area contributed by atoms with Crippen LogP contribution in [0.4, 0.5) is 11.4 Å². The molecule has 0 radical (unpaired) electrons. The van der Waals surface area contributed by atoms with Crippen LogP contribution in [0.1, 0.15) is 51.0 Å². The Morgan fingerprint density at radius 1 is 0.722 bits per heavy atom. The first kappa shape index (κ1) is 22.6. The van der Waals surface area contributed by atoms with Crippen LogP contribution < -0.4 is 0 Å². The van der Waals surface area contributed by atoms with Crippen molar-refractivity contribution in [3.05, 3.63) is 56.6 Å². The monoisotopic (exact) mass is 492 g/mol. The summed E-state index contributed by atoms with van der Waals surface area (Å²) in [5.41, 5.74) is 2.19. The van der Waals surface area contributed by atoms with Gasteiger partial charge in [0.25, 0.3) is 11.4 Å². The van der Waals surface area contributed by atoms with E-state index in [4.69, 9.17) is 19.7 Å². The van der Waals surface area contributed by atoms with E-state index in [1.165, 1.54) is 24.3 Å². The summed E-state index contributed by atoms with van der Waals surface area (Å²) < 4.78 is 15.3. The summed E-state index contributed by atoms with van der Waals surface area (Å²) >= 11 is 0. The van der Waals surface area contributed by atoms with Gasteiger partial charge in [0.1, 0.15) is 11.4 Å². The molecule has 0 spiro atoms. The number of hydrogen-bond donors (Lipinski definition) is 0. The van der Waals surface area contributed by atoms with Crippen molar-refractivity contribution in [1.29, 1.82) is 0 Å². The van der Waals surface area contributed by atoms with Gasteiger partial charge in [0, 0.05) is 48.3 Å². The summed E-state index contributed by atoms with van der Waals surface area (Å²) in [4.78, 5) is 22.2. The Balaban J connectivity index is 1.58. The van der Waals surface area contributed by atoms with Gasteiger partial charge in [-0.3, -0.25) is 20.2 Å². The number of rotatable bonds is 5. The fourth-order valence-electron chi connectivity index (χ4n) is 5.10.